The lowest BCUT2D eigenvalue weighted by Gasteiger charge is -2.14. The van der Waals surface area contributed by atoms with Crippen LogP contribution in [0.4, 0.5) is 0 Å². The molecule has 0 bridgehead atoms. The summed E-state index contributed by atoms with van der Waals surface area (Å²) in [5.41, 5.74) is 1.91. The molecule has 1 rings (SSSR count). The van der Waals surface area contributed by atoms with Gasteiger partial charge in [0.05, 0.1) is 30.8 Å². The minimum Gasteiger partial charge on any atom is -0.469 e. The minimum absolute atomic E-state index is 0.241. The van der Waals surface area contributed by atoms with E-state index >= 15 is 0 Å². The second-order valence-corrected chi connectivity index (χ2v) is 3.42. The van der Waals surface area contributed by atoms with E-state index in [2.05, 4.69) is 9.72 Å². The van der Waals surface area contributed by atoms with Gasteiger partial charge < -0.3 is 14.9 Å². The molecule has 0 aliphatic carbocycles. The number of aromatic nitrogens is 1. The predicted molar refractivity (Wildman–Crippen MR) is 49.7 cm³/mol. The Hall–Kier alpha value is -0.980. The molecule has 5 nitrogen and oxygen atoms in total. The topological polar surface area (TPSA) is 79.7 Å². The van der Waals surface area contributed by atoms with Crippen LogP contribution in [0.1, 0.15) is 18.2 Å². The van der Waals surface area contributed by atoms with Crippen molar-refractivity contribution in [1.29, 1.82) is 0 Å². The van der Waals surface area contributed by atoms with E-state index < -0.39 is 18.2 Å². The van der Waals surface area contributed by atoms with Crippen molar-refractivity contribution in [3.8, 4) is 0 Å². The fourth-order valence-electron chi connectivity index (χ4n) is 0.931. The Labute approximate surface area is 85.0 Å². The Morgan fingerprint density at radius 3 is 2.93 bits per heavy atom. The van der Waals surface area contributed by atoms with Gasteiger partial charge in [0.1, 0.15) is 6.10 Å². The first kappa shape index (κ1) is 11.1. The number of carbonyl (C=O) groups excluding carboxylic acids is 1. The number of rotatable bonds is 4. The molecule has 0 amide bonds. The maximum atomic E-state index is 10.8. The molecular formula is C8H11NO4S. The molecule has 0 fully saturated rings. The van der Waals surface area contributed by atoms with Crippen LogP contribution >= 0.6 is 11.3 Å². The van der Waals surface area contributed by atoms with Gasteiger partial charge in [-0.25, -0.2) is 4.98 Å². The summed E-state index contributed by atoms with van der Waals surface area (Å²) in [5.74, 6) is -0.563. The van der Waals surface area contributed by atoms with Gasteiger partial charge in [-0.2, -0.15) is 0 Å². The summed E-state index contributed by atoms with van der Waals surface area (Å²) in [4.78, 5) is 14.6. The van der Waals surface area contributed by atoms with Gasteiger partial charge in [0.15, 0.2) is 0 Å². The maximum absolute atomic E-state index is 10.8. The number of aliphatic hydroxyl groups is 2. The number of hydrogen-bond acceptors (Lipinski definition) is 6. The largest absolute Gasteiger partial charge is 0.469 e. The van der Waals surface area contributed by atoms with Crippen molar-refractivity contribution in [2.75, 3.05) is 7.11 Å². The number of thiazole rings is 1. The normalized spacial score (nSPS) is 14.8. The van der Waals surface area contributed by atoms with Gasteiger partial charge in [-0.3, -0.25) is 4.79 Å². The third kappa shape index (κ3) is 2.76. The molecule has 2 atom stereocenters. The Bertz CT molecular complexity index is 288. The number of esters is 1. The van der Waals surface area contributed by atoms with Gasteiger partial charge in [-0.05, 0) is 0 Å². The van der Waals surface area contributed by atoms with Crippen LogP contribution < -0.4 is 0 Å². The molecule has 0 spiro atoms. The Morgan fingerprint density at radius 1 is 1.71 bits per heavy atom. The molecule has 0 saturated heterocycles. The number of carbonyl (C=O) groups is 1. The maximum Gasteiger partial charge on any atom is 0.308 e. The molecule has 14 heavy (non-hydrogen) atoms. The second kappa shape index (κ2) is 5.04. The highest BCUT2D eigenvalue weighted by Gasteiger charge is 2.22. The molecule has 0 aliphatic rings. The molecule has 1 aromatic rings. The van der Waals surface area contributed by atoms with Gasteiger partial charge >= 0.3 is 5.97 Å². The standard InChI is InChI=1S/C8H11NO4S/c1-13-7(11)2-6(10)8(12)5-3-14-4-9-5/h3-4,6,8,10,12H,2H2,1H3. The average Bonchev–Trinajstić information content (AvgIpc) is 2.69. The van der Waals surface area contributed by atoms with Crippen LogP contribution in [0.2, 0.25) is 0 Å². The molecular weight excluding hydrogens is 206 g/mol. The van der Waals surface area contributed by atoms with E-state index in [1.807, 2.05) is 0 Å². The highest BCUT2D eigenvalue weighted by molar-refractivity contribution is 7.07. The summed E-state index contributed by atoms with van der Waals surface area (Å²) in [5, 5.41) is 20.5. The smallest absolute Gasteiger partial charge is 0.308 e. The lowest BCUT2D eigenvalue weighted by Crippen LogP contribution is -2.22. The van der Waals surface area contributed by atoms with E-state index in [9.17, 15) is 15.0 Å². The van der Waals surface area contributed by atoms with E-state index in [0.717, 1.165) is 0 Å². The molecule has 6 heteroatoms. The van der Waals surface area contributed by atoms with Gasteiger partial charge in [-0.15, -0.1) is 11.3 Å². The van der Waals surface area contributed by atoms with Gasteiger partial charge in [0, 0.05) is 5.38 Å². The van der Waals surface area contributed by atoms with Crippen LogP contribution in [0, 0.1) is 0 Å². The fourth-order valence-corrected chi connectivity index (χ4v) is 1.51. The molecule has 0 saturated carbocycles. The monoisotopic (exact) mass is 217 g/mol. The van der Waals surface area contributed by atoms with E-state index in [4.69, 9.17) is 0 Å². The lowest BCUT2D eigenvalue weighted by molar-refractivity contribution is -0.144. The fraction of sp³-hybridized carbons (Fsp3) is 0.500. The highest BCUT2D eigenvalue weighted by Crippen LogP contribution is 2.18. The van der Waals surface area contributed by atoms with Gasteiger partial charge in [-0.1, -0.05) is 0 Å². The van der Waals surface area contributed by atoms with Gasteiger partial charge in [0.2, 0.25) is 0 Å². The quantitative estimate of drug-likeness (QED) is 0.699. The zero-order chi connectivity index (χ0) is 10.6. The van der Waals surface area contributed by atoms with Crippen molar-refractivity contribution in [2.24, 2.45) is 0 Å². The highest BCUT2D eigenvalue weighted by atomic mass is 32.1. The second-order valence-electron chi connectivity index (χ2n) is 2.71. The summed E-state index contributed by atoms with van der Waals surface area (Å²) >= 11 is 1.31. The molecule has 2 N–H and O–H groups in total. The number of nitrogens with zero attached hydrogens (tertiary/aromatic N) is 1. The Morgan fingerprint density at radius 2 is 2.43 bits per heavy atom. The van der Waals surface area contributed by atoms with Crippen molar-refractivity contribution in [3.05, 3.63) is 16.6 Å². The van der Waals surface area contributed by atoms with Crippen molar-refractivity contribution in [2.45, 2.75) is 18.6 Å². The number of hydrogen-bond donors (Lipinski definition) is 2. The van der Waals surface area contributed by atoms with Crippen LogP contribution in [-0.2, 0) is 9.53 Å². The molecule has 1 aromatic heterocycles. The van der Waals surface area contributed by atoms with Gasteiger partial charge in [0.25, 0.3) is 0 Å². The summed E-state index contributed by atoms with van der Waals surface area (Å²) < 4.78 is 4.36. The average molecular weight is 217 g/mol. The SMILES string of the molecule is COC(=O)CC(O)C(O)c1cscn1. The third-order valence-electron chi connectivity index (χ3n) is 1.72. The Kier molecular flexibility index (Phi) is 3.99. The predicted octanol–water partition coefficient (Wildman–Crippen LogP) is 0.101. The zero-order valence-electron chi connectivity index (χ0n) is 7.58. The molecule has 78 valence electrons. The number of ether oxygens (including phenoxy) is 1. The first-order chi connectivity index (χ1) is 6.65. The molecule has 0 radical (unpaired) electrons. The Balaban J connectivity index is 2.53. The van der Waals surface area contributed by atoms with Crippen LogP contribution in [0.5, 0.6) is 0 Å². The zero-order valence-corrected chi connectivity index (χ0v) is 8.40. The summed E-state index contributed by atoms with van der Waals surface area (Å²) in [6, 6.07) is 0. The molecule has 1 heterocycles. The molecule has 0 aromatic carbocycles. The van der Waals surface area contributed by atoms with E-state index in [1.54, 1.807) is 10.9 Å². The van der Waals surface area contributed by atoms with Crippen molar-refractivity contribution >= 4 is 17.3 Å². The van der Waals surface area contributed by atoms with Crippen LogP contribution in [0.25, 0.3) is 0 Å². The summed E-state index contributed by atoms with van der Waals surface area (Å²) in [6.07, 6.45) is -2.56. The van der Waals surface area contributed by atoms with E-state index in [0.29, 0.717) is 5.69 Å². The third-order valence-corrected chi connectivity index (χ3v) is 2.33. The summed E-state index contributed by atoms with van der Waals surface area (Å²) in [6.45, 7) is 0. The first-order valence-electron chi connectivity index (χ1n) is 3.96. The van der Waals surface area contributed by atoms with E-state index in [-0.39, 0.29) is 6.42 Å². The van der Waals surface area contributed by atoms with Crippen LogP contribution in [0.3, 0.4) is 0 Å². The van der Waals surface area contributed by atoms with Crippen molar-refractivity contribution in [3.63, 3.8) is 0 Å². The number of methoxy groups -OCH3 is 1. The molecule has 0 aliphatic heterocycles. The lowest BCUT2D eigenvalue weighted by atomic mass is 10.1. The van der Waals surface area contributed by atoms with Crippen molar-refractivity contribution in [1.82, 2.24) is 4.98 Å². The van der Waals surface area contributed by atoms with E-state index in [1.165, 1.54) is 18.4 Å². The number of aliphatic hydroxyl groups excluding tert-OH is 2. The minimum atomic E-state index is -1.18. The first-order valence-corrected chi connectivity index (χ1v) is 4.90. The summed E-state index contributed by atoms with van der Waals surface area (Å²) in [7, 11) is 1.23. The van der Waals surface area contributed by atoms with Crippen LogP contribution in [-0.4, -0.2) is 34.4 Å². The van der Waals surface area contributed by atoms with Crippen molar-refractivity contribution < 1.29 is 19.7 Å². The molecule has 2 unspecified atom stereocenters. The van der Waals surface area contributed by atoms with Crippen LogP contribution in [0.15, 0.2) is 10.9 Å².